The number of amides is 1. The van der Waals surface area contributed by atoms with Crippen LogP contribution in [0.4, 0.5) is 17.6 Å². The molecular weight excluding hydrogens is 440 g/mol. The molecule has 1 aliphatic rings. The van der Waals surface area contributed by atoms with E-state index >= 15 is 0 Å². The molecule has 1 aromatic heterocycles. The predicted octanol–water partition coefficient (Wildman–Crippen LogP) is 6.78. The molecular formula is C24H30F4N2OS. The van der Waals surface area contributed by atoms with Crippen LogP contribution in [-0.4, -0.2) is 10.5 Å². The van der Waals surface area contributed by atoms with Crippen LogP contribution in [0.3, 0.4) is 0 Å². The molecule has 3 nitrogen and oxygen atoms in total. The summed E-state index contributed by atoms with van der Waals surface area (Å²) in [6, 6.07) is 1.83. The predicted molar refractivity (Wildman–Crippen MR) is 118 cm³/mol. The maximum Gasteiger partial charge on any atom is 0.416 e. The summed E-state index contributed by atoms with van der Waals surface area (Å²) in [6.07, 6.45) is -1.69. The Balaban J connectivity index is 2.06. The number of hydrogen-bond acceptors (Lipinski definition) is 2. The maximum absolute atomic E-state index is 14.2. The molecule has 2 aromatic rings. The molecule has 0 spiro atoms. The summed E-state index contributed by atoms with van der Waals surface area (Å²) in [5.41, 5.74) is -0.720. The molecule has 32 heavy (non-hydrogen) atoms. The number of hydrogen-bond donors (Lipinski definition) is 0. The minimum absolute atomic E-state index is 0.0333. The van der Waals surface area contributed by atoms with E-state index in [4.69, 9.17) is 0 Å². The smallest absolute Gasteiger partial charge is 0.320 e. The molecule has 0 unspecified atom stereocenters. The van der Waals surface area contributed by atoms with Gasteiger partial charge in [0.05, 0.1) is 11.1 Å². The molecule has 1 fully saturated rings. The van der Waals surface area contributed by atoms with Crippen LogP contribution in [0.15, 0.2) is 23.2 Å². The van der Waals surface area contributed by atoms with Gasteiger partial charge in [0.25, 0.3) is 5.91 Å². The second kappa shape index (κ2) is 8.43. The number of thiazole rings is 1. The maximum atomic E-state index is 14.2. The number of nitrogens with zero attached hydrogens (tertiary/aromatic N) is 2. The van der Waals surface area contributed by atoms with E-state index in [2.05, 4.69) is 39.6 Å². The Morgan fingerprint density at radius 1 is 1.16 bits per heavy atom. The summed E-state index contributed by atoms with van der Waals surface area (Å²) in [6.45, 7) is 13.6. The average Bonchev–Trinajstić information content (AvgIpc) is 3.42. The Labute approximate surface area is 190 Å². The normalized spacial score (nSPS) is 16.0. The molecule has 0 radical (unpaired) electrons. The van der Waals surface area contributed by atoms with Gasteiger partial charge in [-0.2, -0.15) is 18.2 Å². The van der Waals surface area contributed by atoms with E-state index in [0.717, 1.165) is 29.8 Å². The molecule has 0 aliphatic heterocycles. The minimum Gasteiger partial charge on any atom is -0.320 e. The van der Waals surface area contributed by atoms with Crippen molar-refractivity contribution in [3.05, 3.63) is 50.5 Å². The Bertz CT molecular complexity index is 1080. The van der Waals surface area contributed by atoms with Gasteiger partial charge >= 0.3 is 6.18 Å². The highest BCUT2D eigenvalue weighted by molar-refractivity contribution is 7.09. The second-order valence-corrected chi connectivity index (χ2v) is 11.4. The van der Waals surface area contributed by atoms with Crippen molar-refractivity contribution in [3.63, 3.8) is 0 Å². The molecule has 3 rings (SSSR count). The van der Waals surface area contributed by atoms with Gasteiger partial charge in [0, 0.05) is 17.1 Å². The number of carbonyl (C=O) groups is 1. The van der Waals surface area contributed by atoms with Crippen LogP contribution in [-0.2, 0) is 19.1 Å². The monoisotopic (exact) mass is 470 g/mol. The summed E-state index contributed by atoms with van der Waals surface area (Å²) in [4.78, 5) is 18.4. The van der Waals surface area contributed by atoms with Crippen molar-refractivity contribution < 1.29 is 22.4 Å². The Morgan fingerprint density at radius 2 is 1.78 bits per heavy atom. The standard InChI is InChI=1S/C24H30F4N2OS/c1-14-19(12-23(5,6)22(2,3)4)32-21(30(14)13-15-7-8-15)29-20(31)17-11-16(24(26,27)28)9-10-18(17)25/h9-11,15H,7-8,12-13H2,1-6H3/b29-21-. The van der Waals surface area contributed by atoms with E-state index in [1.165, 1.54) is 11.3 Å². The third kappa shape index (κ3) is 5.33. The summed E-state index contributed by atoms with van der Waals surface area (Å²) >= 11 is 1.37. The van der Waals surface area contributed by atoms with Crippen LogP contribution in [0.5, 0.6) is 0 Å². The van der Waals surface area contributed by atoms with Crippen molar-refractivity contribution in [1.82, 2.24) is 4.57 Å². The first-order valence-electron chi connectivity index (χ1n) is 10.7. The van der Waals surface area contributed by atoms with Crippen LogP contribution in [0, 0.1) is 29.5 Å². The zero-order valence-electron chi connectivity index (χ0n) is 19.4. The highest BCUT2D eigenvalue weighted by Gasteiger charge is 2.35. The Morgan fingerprint density at radius 3 is 2.31 bits per heavy atom. The van der Waals surface area contributed by atoms with Gasteiger partial charge in [-0.1, -0.05) is 34.6 Å². The van der Waals surface area contributed by atoms with Gasteiger partial charge in [-0.05, 0) is 61.1 Å². The fourth-order valence-electron chi connectivity index (χ4n) is 3.23. The Hall–Kier alpha value is -1.96. The van der Waals surface area contributed by atoms with Gasteiger partial charge in [0.15, 0.2) is 4.80 Å². The molecule has 1 aliphatic carbocycles. The summed E-state index contributed by atoms with van der Waals surface area (Å²) in [5, 5.41) is 0. The van der Waals surface area contributed by atoms with Crippen molar-refractivity contribution >= 4 is 17.2 Å². The van der Waals surface area contributed by atoms with Crippen LogP contribution in [0.25, 0.3) is 0 Å². The first-order chi connectivity index (χ1) is 14.6. The van der Waals surface area contributed by atoms with E-state index in [1.54, 1.807) is 0 Å². The lowest BCUT2D eigenvalue weighted by Crippen LogP contribution is -2.31. The quantitative estimate of drug-likeness (QED) is 0.444. The first kappa shape index (κ1) is 24.7. The summed E-state index contributed by atoms with van der Waals surface area (Å²) < 4.78 is 55.3. The average molecular weight is 471 g/mol. The van der Waals surface area contributed by atoms with E-state index in [0.29, 0.717) is 35.5 Å². The Kier molecular flexibility index (Phi) is 6.50. The highest BCUT2D eigenvalue weighted by Crippen LogP contribution is 2.42. The fraction of sp³-hybridized carbons (Fsp3) is 0.583. The lowest BCUT2D eigenvalue weighted by atomic mass is 9.67. The molecule has 1 saturated carbocycles. The summed E-state index contributed by atoms with van der Waals surface area (Å²) in [5.74, 6) is -1.50. The third-order valence-electron chi connectivity index (χ3n) is 6.75. The SMILES string of the molecule is Cc1c(CC(C)(C)C(C)(C)C)s/c(=N\C(=O)c2cc(C(F)(F)F)ccc2F)n1CC1CC1. The molecule has 0 bridgehead atoms. The van der Waals surface area contributed by atoms with Crippen molar-refractivity contribution in [2.45, 2.75) is 73.5 Å². The van der Waals surface area contributed by atoms with Crippen molar-refractivity contribution in [2.24, 2.45) is 21.7 Å². The second-order valence-electron chi connectivity index (χ2n) is 10.4. The van der Waals surface area contributed by atoms with E-state index < -0.39 is 29.0 Å². The third-order valence-corrected chi connectivity index (χ3v) is 7.93. The molecule has 1 amide bonds. The van der Waals surface area contributed by atoms with Gasteiger partial charge in [-0.25, -0.2) is 4.39 Å². The molecule has 1 heterocycles. The molecule has 8 heteroatoms. The van der Waals surface area contributed by atoms with Crippen LogP contribution in [0.1, 0.15) is 74.0 Å². The van der Waals surface area contributed by atoms with Crippen molar-refractivity contribution in [2.75, 3.05) is 0 Å². The van der Waals surface area contributed by atoms with E-state index in [1.807, 2.05) is 11.5 Å². The van der Waals surface area contributed by atoms with Gasteiger partial charge in [-0.3, -0.25) is 4.79 Å². The van der Waals surface area contributed by atoms with Crippen molar-refractivity contribution in [1.29, 1.82) is 0 Å². The molecule has 0 atom stereocenters. The first-order valence-corrected chi connectivity index (χ1v) is 11.6. The van der Waals surface area contributed by atoms with Gasteiger partial charge in [0.1, 0.15) is 5.82 Å². The van der Waals surface area contributed by atoms with Gasteiger partial charge in [0.2, 0.25) is 0 Å². The van der Waals surface area contributed by atoms with E-state index in [9.17, 15) is 22.4 Å². The van der Waals surface area contributed by atoms with Crippen LogP contribution < -0.4 is 4.80 Å². The number of carbonyl (C=O) groups excluding carboxylic acids is 1. The molecule has 1 aromatic carbocycles. The lowest BCUT2D eigenvalue weighted by molar-refractivity contribution is -0.137. The van der Waals surface area contributed by atoms with Gasteiger partial charge in [-0.15, -0.1) is 11.3 Å². The number of aromatic nitrogens is 1. The summed E-state index contributed by atoms with van der Waals surface area (Å²) in [7, 11) is 0. The van der Waals surface area contributed by atoms with Crippen molar-refractivity contribution in [3.8, 4) is 0 Å². The number of halogens is 4. The number of alkyl halides is 3. The number of benzene rings is 1. The van der Waals surface area contributed by atoms with E-state index in [-0.39, 0.29) is 10.8 Å². The topological polar surface area (TPSA) is 34.4 Å². The molecule has 176 valence electrons. The number of rotatable bonds is 5. The zero-order valence-corrected chi connectivity index (χ0v) is 20.2. The molecule has 0 saturated heterocycles. The van der Waals surface area contributed by atoms with Crippen LogP contribution >= 0.6 is 11.3 Å². The van der Waals surface area contributed by atoms with Crippen LogP contribution in [0.2, 0.25) is 0 Å². The lowest BCUT2D eigenvalue weighted by Gasteiger charge is -2.38. The fourth-order valence-corrected chi connectivity index (χ4v) is 4.59. The highest BCUT2D eigenvalue weighted by atomic mass is 32.1. The zero-order chi connectivity index (χ0) is 24.1. The van der Waals surface area contributed by atoms with Gasteiger partial charge < -0.3 is 4.57 Å². The molecule has 0 N–H and O–H groups in total. The largest absolute Gasteiger partial charge is 0.416 e. The minimum atomic E-state index is -4.67.